The largest absolute Gasteiger partial charge is 0.373 e. The van der Waals surface area contributed by atoms with Crippen LogP contribution in [0.4, 0.5) is 0 Å². The first-order chi connectivity index (χ1) is 5.83. The van der Waals surface area contributed by atoms with E-state index in [1.54, 1.807) is 0 Å². The second kappa shape index (κ2) is 5.54. The SMILES string of the molecule is CC(CI)OCc1ccccc1. The van der Waals surface area contributed by atoms with Gasteiger partial charge in [0.05, 0.1) is 12.7 Å². The molecule has 0 aliphatic rings. The molecule has 0 fully saturated rings. The Morgan fingerprint density at radius 2 is 2.00 bits per heavy atom. The van der Waals surface area contributed by atoms with Crippen LogP contribution < -0.4 is 0 Å². The van der Waals surface area contributed by atoms with Crippen LogP contribution in [0.2, 0.25) is 0 Å². The van der Waals surface area contributed by atoms with Crippen LogP contribution in [0.5, 0.6) is 0 Å². The molecule has 12 heavy (non-hydrogen) atoms. The number of halogens is 1. The van der Waals surface area contributed by atoms with Crippen LogP contribution in [-0.4, -0.2) is 10.5 Å². The molecule has 0 saturated heterocycles. The van der Waals surface area contributed by atoms with Crippen molar-refractivity contribution in [2.45, 2.75) is 19.6 Å². The number of ether oxygens (including phenoxy) is 1. The first kappa shape index (κ1) is 9.99. The lowest BCUT2D eigenvalue weighted by atomic mass is 10.2. The zero-order chi connectivity index (χ0) is 8.81. The fourth-order valence-corrected chi connectivity index (χ4v) is 1.11. The molecule has 0 amide bonds. The summed E-state index contributed by atoms with van der Waals surface area (Å²) >= 11 is 2.33. The van der Waals surface area contributed by atoms with E-state index in [9.17, 15) is 0 Å². The van der Waals surface area contributed by atoms with Gasteiger partial charge in [0.15, 0.2) is 0 Å². The van der Waals surface area contributed by atoms with Crippen molar-refractivity contribution < 1.29 is 4.74 Å². The molecule has 1 rings (SSSR count). The number of hydrogen-bond acceptors (Lipinski definition) is 1. The van der Waals surface area contributed by atoms with Crippen molar-refractivity contribution in [2.75, 3.05) is 4.43 Å². The third kappa shape index (κ3) is 3.54. The van der Waals surface area contributed by atoms with Crippen molar-refractivity contribution in [2.24, 2.45) is 0 Å². The van der Waals surface area contributed by atoms with Gasteiger partial charge in [0, 0.05) is 4.43 Å². The Bertz CT molecular complexity index is 210. The third-order valence-electron chi connectivity index (χ3n) is 1.59. The van der Waals surface area contributed by atoms with E-state index in [-0.39, 0.29) is 0 Å². The fraction of sp³-hybridized carbons (Fsp3) is 0.400. The van der Waals surface area contributed by atoms with Crippen LogP contribution in [0.3, 0.4) is 0 Å². The molecule has 0 aromatic heterocycles. The van der Waals surface area contributed by atoms with E-state index in [1.807, 2.05) is 18.2 Å². The molecular formula is C10H13IO. The molecule has 0 heterocycles. The smallest absolute Gasteiger partial charge is 0.0720 e. The maximum atomic E-state index is 5.57. The van der Waals surface area contributed by atoms with Gasteiger partial charge in [-0.15, -0.1) is 0 Å². The van der Waals surface area contributed by atoms with E-state index >= 15 is 0 Å². The van der Waals surface area contributed by atoms with Gasteiger partial charge in [0.25, 0.3) is 0 Å². The molecule has 0 aliphatic heterocycles. The molecule has 0 spiro atoms. The Kier molecular flexibility index (Phi) is 4.61. The molecule has 0 saturated carbocycles. The van der Waals surface area contributed by atoms with Crippen LogP contribution in [0, 0.1) is 0 Å². The highest BCUT2D eigenvalue weighted by Crippen LogP contribution is 2.04. The van der Waals surface area contributed by atoms with Gasteiger partial charge in [-0.25, -0.2) is 0 Å². The Morgan fingerprint density at radius 3 is 2.58 bits per heavy atom. The van der Waals surface area contributed by atoms with Crippen molar-refractivity contribution in [1.82, 2.24) is 0 Å². The standard InChI is InChI=1S/C10H13IO/c1-9(7-11)12-8-10-5-3-2-4-6-10/h2-6,9H,7-8H2,1H3. The molecule has 1 aromatic rings. The second-order valence-electron chi connectivity index (χ2n) is 2.76. The topological polar surface area (TPSA) is 9.23 Å². The molecule has 0 bridgehead atoms. The van der Waals surface area contributed by atoms with E-state index in [1.165, 1.54) is 5.56 Å². The summed E-state index contributed by atoms with van der Waals surface area (Å²) in [5.41, 5.74) is 1.24. The summed E-state index contributed by atoms with van der Waals surface area (Å²) in [6, 6.07) is 10.3. The van der Waals surface area contributed by atoms with Gasteiger partial charge >= 0.3 is 0 Å². The molecule has 2 heteroatoms. The van der Waals surface area contributed by atoms with Crippen LogP contribution in [0.15, 0.2) is 30.3 Å². The molecular weight excluding hydrogens is 263 g/mol. The normalized spacial score (nSPS) is 12.8. The Balaban J connectivity index is 2.33. The predicted octanol–water partition coefficient (Wildman–Crippen LogP) is 3.03. The molecule has 1 unspecified atom stereocenters. The predicted molar refractivity (Wildman–Crippen MR) is 59.6 cm³/mol. The summed E-state index contributed by atoms with van der Waals surface area (Å²) in [5, 5.41) is 0. The fourth-order valence-electron chi connectivity index (χ4n) is 0.857. The van der Waals surface area contributed by atoms with Crippen molar-refractivity contribution in [3.63, 3.8) is 0 Å². The average Bonchev–Trinajstić information content (AvgIpc) is 2.16. The molecule has 1 atom stereocenters. The lowest BCUT2D eigenvalue weighted by Crippen LogP contribution is -2.08. The number of benzene rings is 1. The number of alkyl halides is 1. The highest BCUT2D eigenvalue weighted by atomic mass is 127. The van der Waals surface area contributed by atoms with Gasteiger partial charge in [-0.3, -0.25) is 0 Å². The van der Waals surface area contributed by atoms with E-state index in [0.29, 0.717) is 6.10 Å². The molecule has 0 N–H and O–H groups in total. The van der Waals surface area contributed by atoms with E-state index in [0.717, 1.165) is 11.0 Å². The summed E-state index contributed by atoms with van der Waals surface area (Å²) in [6.07, 6.45) is 0.353. The molecule has 66 valence electrons. The van der Waals surface area contributed by atoms with Crippen molar-refractivity contribution in [3.8, 4) is 0 Å². The van der Waals surface area contributed by atoms with E-state index in [2.05, 4.69) is 41.6 Å². The zero-order valence-electron chi connectivity index (χ0n) is 7.16. The van der Waals surface area contributed by atoms with Gasteiger partial charge in [-0.05, 0) is 12.5 Å². The monoisotopic (exact) mass is 276 g/mol. The Labute approximate surface area is 87.3 Å². The molecule has 1 nitrogen and oxygen atoms in total. The van der Waals surface area contributed by atoms with Gasteiger partial charge in [-0.1, -0.05) is 52.9 Å². The highest BCUT2D eigenvalue weighted by molar-refractivity contribution is 14.1. The second-order valence-corrected chi connectivity index (χ2v) is 3.64. The van der Waals surface area contributed by atoms with Gasteiger partial charge in [-0.2, -0.15) is 0 Å². The van der Waals surface area contributed by atoms with Crippen LogP contribution >= 0.6 is 22.6 Å². The number of hydrogen-bond donors (Lipinski definition) is 0. The Morgan fingerprint density at radius 1 is 1.33 bits per heavy atom. The summed E-state index contributed by atoms with van der Waals surface area (Å²) in [4.78, 5) is 0. The van der Waals surface area contributed by atoms with Crippen LogP contribution in [0.25, 0.3) is 0 Å². The first-order valence-corrected chi connectivity index (χ1v) is 5.57. The van der Waals surface area contributed by atoms with E-state index in [4.69, 9.17) is 4.74 Å². The van der Waals surface area contributed by atoms with Crippen molar-refractivity contribution >= 4 is 22.6 Å². The minimum absolute atomic E-state index is 0.353. The first-order valence-electron chi connectivity index (χ1n) is 4.04. The third-order valence-corrected chi connectivity index (χ3v) is 2.84. The molecule has 0 radical (unpaired) electrons. The summed E-state index contributed by atoms with van der Waals surface area (Å²) < 4.78 is 6.62. The lowest BCUT2D eigenvalue weighted by Gasteiger charge is -2.09. The Hall–Kier alpha value is -0.0900. The van der Waals surface area contributed by atoms with Crippen LogP contribution in [0.1, 0.15) is 12.5 Å². The average molecular weight is 276 g/mol. The maximum absolute atomic E-state index is 5.57. The van der Waals surface area contributed by atoms with Gasteiger partial charge in [0.2, 0.25) is 0 Å². The summed E-state index contributed by atoms with van der Waals surface area (Å²) in [7, 11) is 0. The van der Waals surface area contributed by atoms with E-state index < -0.39 is 0 Å². The summed E-state index contributed by atoms with van der Waals surface area (Å²) in [6.45, 7) is 2.82. The minimum atomic E-state index is 0.353. The lowest BCUT2D eigenvalue weighted by molar-refractivity contribution is 0.0706. The summed E-state index contributed by atoms with van der Waals surface area (Å²) in [5.74, 6) is 0. The van der Waals surface area contributed by atoms with Gasteiger partial charge < -0.3 is 4.74 Å². The van der Waals surface area contributed by atoms with Crippen molar-refractivity contribution in [3.05, 3.63) is 35.9 Å². The zero-order valence-corrected chi connectivity index (χ0v) is 9.32. The van der Waals surface area contributed by atoms with Gasteiger partial charge in [0.1, 0.15) is 0 Å². The maximum Gasteiger partial charge on any atom is 0.0720 e. The molecule has 0 aliphatic carbocycles. The molecule has 1 aromatic carbocycles. The number of rotatable bonds is 4. The quantitative estimate of drug-likeness (QED) is 0.606. The van der Waals surface area contributed by atoms with Crippen LogP contribution in [-0.2, 0) is 11.3 Å². The highest BCUT2D eigenvalue weighted by Gasteiger charge is 1.98. The minimum Gasteiger partial charge on any atom is -0.373 e. The van der Waals surface area contributed by atoms with Crippen molar-refractivity contribution in [1.29, 1.82) is 0 Å².